The number of nitrogens with zero attached hydrogens (tertiary/aromatic N) is 2. The van der Waals surface area contributed by atoms with Crippen molar-refractivity contribution in [3.05, 3.63) is 29.3 Å². The molecule has 0 N–H and O–H groups in total. The standard InChI is InChI=1S/C15H14N2O4/c1-18-13-3-2-11(6-12(8-16)9-17)7-14(13)21-10-15-19-4-5-20-15/h2-3,6-7,15H,4-5,10H2,1H3. The second-order valence-corrected chi connectivity index (χ2v) is 4.17. The van der Waals surface area contributed by atoms with Crippen LogP contribution in [0.5, 0.6) is 11.5 Å². The summed E-state index contributed by atoms with van der Waals surface area (Å²) in [4.78, 5) is 0. The van der Waals surface area contributed by atoms with Crippen LogP contribution in [0, 0.1) is 22.7 Å². The SMILES string of the molecule is COc1ccc(C=C(C#N)C#N)cc1OCC1OCCO1. The molecule has 1 aliphatic rings. The molecule has 0 saturated carbocycles. The third-order valence-electron chi connectivity index (χ3n) is 2.81. The van der Waals surface area contributed by atoms with Crippen molar-refractivity contribution in [2.75, 3.05) is 26.9 Å². The molecule has 0 aliphatic carbocycles. The molecule has 0 atom stereocenters. The first-order chi connectivity index (χ1) is 10.3. The lowest BCUT2D eigenvalue weighted by molar-refractivity contribution is -0.0687. The lowest BCUT2D eigenvalue weighted by Crippen LogP contribution is -2.18. The summed E-state index contributed by atoms with van der Waals surface area (Å²) in [5, 5.41) is 17.5. The molecule has 6 nitrogen and oxygen atoms in total. The molecule has 1 saturated heterocycles. The molecule has 108 valence electrons. The second kappa shape index (κ2) is 7.30. The lowest BCUT2D eigenvalue weighted by Gasteiger charge is -2.14. The number of rotatable bonds is 5. The Morgan fingerprint density at radius 1 is 1.29 bits per heavy atom. The van der Waals surface area contributed by atoms with E-state index in [2.05, 4.69) is 0 Å². The predicted molar refractivity (Wildman–Crippen MR) is 73.4 cm³/mol. The normalized spacial score (nSPS) is 14.0. The number of methoxy groups -OCH3 is 1. The van der Waals surface area contributed by atoms with Gasteiger partial charge in [-0.15, -0.1) is 0 Å². The summed E-state index contributed by atoms with van der Waals surface area (Å²) >= 11 is 0. The number of allylic oxidation sites excluding steroid dienone is 1. The number of hydrogen-bond donors (Lipinski definition) is 0. The summed E-state index contributed by atoms with van der Waals surface area (Å²) in [5.41, 5.74) is 0.700. The topological polar surface area (TPSA) is 84.5 Å². The van der Waals surface area contributed by atoms with E-state index in [4.69, 9.17) is 29.5 Å². The molecule has 6 heteroatoms. The van der Waals surface area contributed by atoms with E-state index in [1.165, 1.54) is 13.2 Å². The highest BCUT2D eigenvalue weighted by atomic mass is 16.7. The van der Waals surface area contributed by atoms with Gasteiger partial charge in [-0.3, -0.25) is 0 Å². The van der Waals surface area contributed by atoms with E-state index in [0.717, 1.165) is 0 Å². The highest BCUT2D eigenvalue weighted by Crippen LogP contribution is 2.29. The summed E-state index contributed by atoms with van der Waals surface area (Å²) in [6.07, 6.45) is 1.09. The van der Waals surface area contributed by atoms with Gasteiger partial charge in [-0.25, -0.2) is 0 Å². The second-order valence-electron chi connectivity index (χ2n) is 4.17. The first kappa shape index (κ1) is 14.9. The fourth-order valence-corrected chi connectivity index (χ4v) is 1.81. The molecule has 0 radical (unpaired) electrons. The average molecular weight is 286 g/mol. The summed E-state index contributed by atoms with van der Waals surface area (Å²) < 4.78 is 21.4. The van der Waals surface area contributed by atoms with Crippen LogP contribution in [0.2, 0.25) is 0 Å². The molecule has 0 aromatic heterocycles. The zero-order valence-corrected chi connectivity index (χ0v) is 11.5. The van der Waals surface area contributed by atoms with Gasteiger partial charge >= 0.3 is 0 Å². The average Bonchev–Trinajstić information content (AvgIpc) is 3.04. The molecule has 1 fully saturated rings. The van der Waals surface area contributed by atoms with E-state index in [-0.39, 0.29) is 18.5 Å². The number of benzene rings is 1. The fourth-order valence-electron chi connectivity index (χ4n) is 1.81. The van der Waals surface area contributed by atoms with Crippen LogP contribution in [0.25, 0.3) is 6.08 Å². The van der Waals surface area contributed by atoms with Crippen molar-refractivity contribution in [2.24, 2.45) is 0 Å². The van der Waals surface area contributed by atoms with E-state index in [9.17, 15) is 0 Å². The molecule has 1 heterocycles. The zero-order chi connectivity index (χ0) is 15.1. The molecule has 1 aliphatic heterocycles. The van der Waals surface area contributed by atoms with Crippen LogP contribution in [0.3, 0.4) is 0 Å². The minimum absolute atomic E-state index is 0.0218. The van der Waals surface area contributed by atoms with Gasteiger partial charge in [0.1, 0.15) is 24.3 Å². The maximum absolute atomic E-state index is 8.77. The Morgan fingerprint density at radius 3 is 2.62 bits per heavy atom. The molecule has 1 aromatic rings. The largest absolute Gasteiger partial charge is 0.493 e. The van der Waals surface area contributed by atoms with Crippen molar-refractivity contribution in [1.29, 1.82) is 10.5 Å². The number of hydrogen-bond acceptors (Lipinski definition) is 6. The smallest absolute Gasteiger partial charge is 0.191 e. The van der Waals surface area contributed by atoms with Crippen LogP contribution in [-0.4, -0.2) is 33.2 Å². The lowest BCUT2D eigenvalue weighted by atomic mass is 10.1. The highest BCUT2D eigenvalue weighted by molar-refractivity contribution is 5.64. The van der Waals surface area contributed by atoms with Crippen molar-refractivity contribution < 1.29 is 18.9 Å². The van der Waals surface area contributed by atoms with Gasteiger partial charge in [-0.2, -0.15) is 10.5 Å². The van der Waals surface area contributed by atoms with Gasteiger partial charge in [0.15, 0.2) is 17.8 Å². The van der Waals surface area contributed by atoms with Crippen molar-refractivity contribution in [3.8, 4) is 23.6 Å². The van der Waals surface area contributed by atoms with E-state index >= 15 is 0 Å². The van der Waals surface area contributed by atoms with Crippen molar-refractivity contribution in [3.63, 3.8) is 0 Å². The minimum atomic E-state index is -0.386. The predicted octanol–water partition coefficient (Wildman–Crippen LogP) is 1.88. The van der Waals surface area contributed by atoms with Crippen LogP contribution < -0.4 is 9.47 Å². The summed E-state index contributed by atoms with van der Waals surface area (Å²) in [6.45, 7) is 1.36. The minimum Gasteiger partial charge on any atom is -0.493 e. The molecule has 2 rings (SSSR count). The molecular formula is C15H14N2O4. The molecule has 21 heavy (non-hydrogen) atoms. The van der Waals surface area contributed by atoms with E-state index in [1.54, 1.807) is 18.2 Å². The fraction of sp³-hybridized carbons (Fsp3) is 0.333. The maximum atomic E-state index is 8.77. The zero-order valence-electron chi connectivity index (χ0n) is 11.5. The van der Waals surface area contributed by atoms with Crippen LogP contribution in [0.15, 0.2) is 23.8 Å². The van der Waals surface area contributed by atoms with E-state index in [1.807, 2.05) is 12.1 Å². The van der Waals surface area contributed by atoms with Crippen LogP contribution >= 0.6 is 0 Å². The Hall–Kier alpha value is -2.54. The van der Waals surface area contributed by atoms with Crippen molar-refractivity contribution in [1.82, 2.24) is 0 Å². The summed E-state index contributed by atoms with van der Waals surface area (Å²) in [7, 11) is 1.54. The molecule has 0 bridgehead atoms. The van der Waals surface area contributed by atoms with E-state index < -0.39 is 0 Å². The summed E-state index contributed by atoms with van der Waals surface area (Å²) in [6, 6.07) is 8.77. The van der Waals surface area contributed by atoms with Gasteiger partial charge in [-0.1, -0.05) is 6.07 Å². The highest BCUT2D eigenvalue weighted by Gasteiger charge is 2.17. The van der Waals surface area contributed by atoms with Crippen LogP contribution in [0.1, 0.15) is 5.56 Å². The van der Waals surface area contributed by atoms with Crippen LogP contribution in [0.4, 0.5) is 0 Å². The maximum Gasteiger partial charge on any atom is 0.191 e. The van der Waals surface area contributed by atoms with Crippen molar-refractivity contribution in [2.45, 2.75) is 6.29 Å². The van der Waals surface area contributed by atoms with E-state index in [0.29, 0.717) is 30.3 Å². The Kier molecular flexibility index (Phi) is 5.16. The van der Waals surface area contributed by atoms with Gasteiger partial charge in [0.2, 0.25) is 0 Å². The third-order valence-corrected chi connectivity index (χ3v) is 2.81. The van der Waals surface area contributed by atoms with Gasteiger partial charge in [0.25, 0.3) is 0 Å². The summed E-state index contributed by atoms with van der Waals surface area (Å²) in [5.74, 6) is 1.06. The van der Waals surface area contributed by atoms with Gasteiger partial charge < -0.3 is 18.9 Å². The first-order valence-corrected chi connectivity index (χ1v) is 6.32. The first-order valence-electron chi connectivity index (χ1n) is 6.32. The molecule has 0 amide bonds. The molecule has 0 spiro atoms. The monoisotopic (exact) mass is 286 g/mol. The van der Waals surface area contributed by atoms with Crippen LogP contribution in [-0.2, 0) is 9.47 Å². The Labute approximate surface area is 122 Å². The quantitative estimate of drug-likeness (QED) is 0.768. The number of nitriles is 2. The third kappa shape index (κ3) is 3.96. The molecule has 1 aromatic carbocycles. The van der Waals surface area contributed by atoms with Gasteiger partial charge in [0, 0.05) is 0 Å². The van der Waals surface area contributed by atoms with Gasteiger partial charge in [-0.05, 0) is 23.8 Å². The van der Waals surface area contributed by atoms with Crippen molar-refractivity contribution >= 4 is 6.08 Å². The van der Waals surface area contributed by atoms with Gasteiger partial charge in [0.05, 0.1) is 20.3 Å². The number of ether oxygens (including phenoxy) is 4. The Balaban J connectivity index is 2.16. The Morgan fingerprint density at radius 2 is 2.00 bits per heavy atom. The Bertz CT molecular complexity index is 591. The molecule has 0 unspecified atom stereocenters. The molecular weight excluding hydrogens is 272 g/mol.